The van der Waals surface area contributed by atoms with Gasteiger partial charge in [-0.2, -0.15) is 5.10 Å². The highest BCUT2D eigenvalue weighted by Crippen LogP contribution is 2.26. The van der Waals surface area contributed by atoms with Gasteiger partial charge < -0.3 is 10.2 Å². The summed E-state index contributed by atoms with van der Waals surface area (Å²) < 4.78 is 1.83. The van der Waals surface area contributed by atoms with E-state index in [0.717, 1.165) is 54.9 Å². The van der Waals surface area contributed by atoms with Crippen molar-refractivity contribution in [3.63, 3.8) is 0 Å². The van der Waals surface area contributed by atoms with Gasteiger partial charge in [-0.15, -0.1) is 0 Å². The molecule has 8 nitrogen and oxygen atoms in total. The Morgan fingerprint density at radius 2 is 1.97 bits per heavy atom. The second-order valence-electron chi connectivity index (χ2n) is 8.40. The molecule has 3 heterocycles. The van der Waals surface area contributed by atoms with Crippen molar-refractivity contribution in [2.24, 2.45) is 0 Å². The van der Waals surface area contributed by atoms with Crippen molar-refractivity contribution in [2.75, 3.05) is 49.1 Å². The quantitative estimate of drug-likeness (QED) is 0.689. The molecule has 0 bridgehead atoms. The Morgan fingerprint density at radius 1 is 1.19 bits per heavy atom. The molecule has 9 heteroatoms. The number of carbonyl (C=O) groups excluding carboxylic acids is 2. The summed E-state index contributed by atoms with van der Waals surface area (Å²) in [6.07, 6.45) is 0.926. The van der Waals surface area contributed by atoms with Crippen molar-refractivity contribution in [3.8, 4) is 0 Å². The van der Waals surface area contributed by atoms with E-state index in [1.165, 1.54) is 0 Å². The summed E-state index contributed by atoms with van der Waals surface area (Å²) in [6, 6.07) is 9.31. The Bertz CT molecular complexity index is 969. The van der Waals surface area contributed by atoms with Crippen LogP contribution in [0.5, 0.6) is 0 Å². The number of aromatic nitrogens is 2. The predicted molar refractivity (Wildman–Crippen MR) is 126 cm³/mol. The molecule has 4 rings (SSSR count). The maximum atomic E-state index is 13.0. The van der Waals surface area contributed by atoms with E-state index < -0.39 is 6.04 Å². The largest absolute Gasteiger partial charge is 0.369 e. The first-order valence-corrected chi connectivity index (χ1v) is 11.7. The highest BCUT2D eigenvalue weighted by Gasteiger charge is 2.34. The van der Waals surface area contributed by atoms with Crippen LogP contribution < -0.4 is 15.1 Å². The van der Waals surface area contributed by atoms with Crippen LogP contribution in [0.1, 0.15) is 25.5 Å². The number of piperazine rings is 1. The zero-order valence-electron chi connectivity index (χ0n) is 18.8. The van der Waals surface area contributed by atoms with Crippen molar-refractivity contribution >= 4 is 34.9 Å². The number of amides is 2. The van der Waals surface area contributed by atoms with Gasteiger partial charge in [-0.25, -0.2) is 4.68 Å². The fourth-order valence-corrected chi connectivity index (χ4v) is 4.70. The van der Waals surface area contributed by atoms with Crippen LogP contribution in [0.4, 0.5) is 11.5 Å². The van der Waals surface area contributed by atoms with E-state index in [0.29, 0.717) is 25.9 Å². The van der Waals surface area contributed by atoms with Crippen molar-refractivity contribution in [3.05, 3.63) is 41.0 Å². The molecular weight excluding hydrogens is 428 g/mol. The number of hydrogen-bond donors (Lipinski definition) is 1. The van der Waals surface area contributed by atoms with Gasteiger partial charge in [0.1, 0.15) is 11.9 Å². The molecule has 1 N–H and O–H groups in total. The lowest BCUT2D eigenvalue weighted by Gasteiger charge is -2.36. The van der Waals surface area contributed by atoms with Crippen LogP contribution in [0, 0.1) is 6.92 Å². The lowest BCUT2D eigenvalue weighted by atomic mass is 10.1. The SMILES string of the molecule is CC[C@H](C(=O)NCCN1CCN(c2cccc(Cl)c2)CC1)N1C(=O)CCn2nc(C)cc21. The minimum absolute atomic E-state index is 0.0171. The number of rotatable bonds is 7. The van der Waals surface area contributed by atoms with E-state index in [1.54, 1.807) is 4.90 Å². The molecule has 0 radical (unpaired) electrons. The van der Waals surface area contributed by atoms with Gasteiger partial charge in [0.25, 0.3) is 0 Å². The first-order chi connectivity index (χ1) is 15.5. The second-order valence-corrected chi connectivity index (χ2v) is 8.84. The summed E-state index contributed by atoms with van der Waals surface area (Å²) in [5.41, 5.74) is 2.00. The van der Waals surface area contributed by atoms with Crippen molar-refractivity contribution < 1.29 is 9.59 Å². The van der Waals surface area contributed by atoms with Crippen LogP contribution in [-0.4, -0.2) is 71.8 Å². The summed E-state index contributed by atoms with van der Waals surface area (Å²) in [6.45, 7) is 9.48. The molecule has 2 aromatic rings. The predicted octanol–water partition coefficient (Wildman–Crippen LogP) is 2.30. The van der Waals surface area contributed by atoms with Crippen LogP contribution in [0.2, 0.25) is 5.02 Å². The van der Waals surface area contributed by atoms with E-state index in [4.69, 9.17) is 11.6 Å². The molecule has 2 amide bonds. The Balaban J connectivity index is 1.28. The summed E-state index contributed by atoms with van der Waals surface area (Å²) in [5, 5.41) is 8.25. The summed E-state index contributed by atoms with van der Waals surface area (Å²) >= 11 is 6.12. The van der Waals surface area contributed by atoms with Crippen molar-refractivity contribution in [2.45, 2.75) is 39.3 Å². The minimum Gasteiger partial charge on any atom is -0.369 e. The first-order valence-electron chi connectivity index (χ1n) is 11.3. The van der Waals surface area contributed by atoms with Gasteiger partial charge in [0.2, 0.25) is 11.8 Å². The number of aryl methyl sites for hydroxylation is 2. The topological polar surface area (TPSA) is 73.7 Å². The molecule has 1 saturated heterocycles. The van der Waals surface area contributed by atoms with E-state index >= 15 is 0 Å². The lowest BCUT2D eigenvalue weighted by molar-refractivity contribution is -0.127. The van der Waals surface area contributed by atoms with E-state index in [1.807, 2.05) is 42.8 Å². The maximum Gasteiger partial charge on any atom is 0.243 e. The monoisotopic (exact) mass is 458 g/mol. The average molecular weight is 459 g/mol. The molecule has 0 saturated carbocycles. The molecule has 32 heavy (non-hydrogen) atoms. The zero-order valence-corrected chi connectivity index (χ0v) is 19.5. The minimum atomic E-state index is -0.516. The normalized spacial score (nSPS) is 17.9. The highest BCUT2D eigenvalue weighted by molar-refractivity contribution is 6.30. The third-order valence-electron chi connectivity index (χ3n) is 6.21. The number of benzene rings is 1. The fourth-order valence-electron chi connectivity index (χ4n) is 4.52. The van der Waals surface area contributed by atoms with Crippen molar-refractivity contribution in [1.29, 1.82) is 0 Å². The smallest absolute Gasteiger partial charge is 0.243 e. The lowest BCUT2D eigenvalue weighted by Crippen LogP contribution is -2.53. The Morgan fingerprint density at radius 3 is 2.69 bits per heavy atom. The van der Waals surface area contributed by atoms with Gasteiger partial charge in [-0.1, -0.05) is 24.6 Å². The standard InChI is InChI=1S/C23H31ClN6O2/c1-3-20(30-21-15-17(2)26-29(21)9-7-22(30)31)23(32)25-8-10-27-11-13-28(14-12-27)19-6-4-5-18(24)16-19/h4-6,15-16,20H,3,7-14H2,1-2H3,(H,25,32)/t20-/m1/s1. The number of halogens is 1. The van der Waals surface area contributed by atoms with E-state index in [-0.39, 0.29) is 11.8 Å². The molecule has 172 valence electrons. The number of anilines is 2. The summed E-state index contributed by atoms with van der Waals surface area (Å²) in [5.74, 6) is 0.597. The molecule has 2 aliphatic rings. The second kappa shape index (κ2) is 9.92. The van der Waals surface area contributed by atoms with Crippen LogP contribution in [-0.2, 0) is 16.1 Å². The molecule has 1 atom stereocenters. The van der Waals surface area contributed by atoms with Crippen molar-refractivity contribution in [1.82, 2.24) is 20.0 Å². The van der Waals surface area contributed by atoms with Crippen LogP contribution >= 0.6 is 11.6 Å². The molecule has 1 aromatic heterocycles. The van der Waals surface area contributed by atoms with Crippen LogP contribution in [0.25, 0.3) is 0 Å². The number of fused-ring (bicyclic) bond motifs is 1. The van der Waals surface area contributed by atoms with Gasteiger partial charge in [0.05, 0.1) is 12.2 Å². The van der Waals surface area contributed by atoms with Gasteiger partial charge in [0, 0.05) is 62.5 Å². The fraction of sp³-hybridized carbons (Fsp3) is 0.522. The average Bonchev–Trinajstić information content (AvgIpc) is 3.16. The zero-order chi connectivity index (χ0) is 22.7. The van der Waals surface area contributed by atoms with Gasteiger partial charge in [-0.05, 0) is 31.5 Å². The summed E-state index contributed by atoms with van der Waals surface area (Å²) in [4.78, 5) is 31.9. The number of nitrogens with zero attached hydrogens (tertiary/aromatic N) is 5. The van der Waals surface area contributed by atoms with Gasteiger partial charge in [-0.3, -0.25) is 19.4 Å². The summed E-state index contributed by atoms with van der Waals surface area (Å²) in [7, 11) is 0. The van der Waals surface area contributed by atoms with Crippen LogP contribution in [0.15, 0.2) is 30.3 Å². The molecule has 0 unspecified atom stereocenters. The highest BCUT2D eigenvalue weighted by atomic mass is 35.5. The van der Waals surface area contributed by atoms with Gasteiger partial charge >= 0.3 is 0 Å². The molecule has 0 spiro atoms. The molecule has 1 fully saturated rings. The van der Waals surface area contributed by atoms with Crippen LogP contribution in [0.3, 0.4) is 0 Å². The van der Waals surface area contributed by atoms with E-state index in [9.17, 15) is 9.59 Å². The number of hydrogen-bond acceptors (Lipinski definition) is 5. The van der Waals surface area contributed by atoms with Gasteiger partial charge in [0.15, 0.2) is 0 Å². The third-order valence-corrected chi connectivity index (χ3v) is 6.44. The Kier molecular flexibility index (Phi) is 7.01. The Hall–Kier alpha value is -2.58. The molecule has 1 aromatic carbocycles. The maximum absolute atomic E-state index is 13.0. The number of carbonyl (C=O) groups is 2. The number of nitrogens with one attached hydrogen (secondary N) is 1. The first kappa shape index (κ1) is 22.6. The molecular formula is C23H31ClN6O2. The molecule has 0 aliphatic carbocycles. The Labute approximate surface area is 194 Å². The third kappa shape index (κ3) is 4.91. The van der Waals surface area contributed by atoms with E-state index in [2.05, 4.69) is 26.3 Å². The molecule has 2 aliphatic heterocycles.